The zero-order valence-corrected chi connectivity index (χ0v) is 15.7. The first-order chi connectivity index (χ1) is 12.3. The molecule has 1 heterocycles. The van der Waals surface area contributed by atoms with Crippen molar-refractivity contribution in [1.82, 2.24) is 0 Å². The van der Waals surface area contributed by atoms with Crippen LogP contribution in [0.25, 0.3) is 0 Å². The van der Waals surface area contributed by atoms with Gasteiger partial charge in [0, 0.05) is 16.8 Å². The highest BCUT2D eigenvalue weighted by Crippen LogP contribution is 2.34. The van der Waals surface area contributed by atoms with Gasteiger partial charge in [0.25, 0.3) is 0 Å². The van der Waals surface area contributed by atoms with Gasteiger partial charge in [-0.05, 0) is 37.3 Å². The number of amides is 1. The van der Waals surface area contributed by atoms with Gasteiger partial charge in [-0.1, -0.05) is 17.7 Å². The molecule has 1 unspecified atom stereocenters. The Morgan fingerprint density at radius 3 is 2.62 bits per heavy atom. The predicted molar refractivity (Wildman–Crippen MR) is 99.4 cm³/mol. The van der Waals surface area contributed by atoms with E-state index in [1.54, 1.807) is 36.4 Å². The number of fused-ring (bicyclic) bond motifs is 1. The molecule has 138 valence electrons. The van der Waals surface area contributed by atoms with Crippen LogP contribution in [0.3, 0.4) is 0 Å². The molecule has 2 aromatic rings. The summed E-state index contributed by atoms with van der Waals surface area (Å²) in [4.78, 5) is 12.6. The van der Waals surface area contributed by atoms with E-state index in [1.165, 1.54) is 13.0 Å². The third kappa shape index (κ3) is 3.86. The summed E-state index contributed by atoms with van der Waals surface area (Å²) in [5.41, 5.74) is 0.791. The quantitative estimate of drug-likeness (QED) is 0.839. The molecule has 0 bridgehead atoms. The van der Waals surface area contributed by atoms with Crippen LogP contribution in [-0.2, 0) is 14.8 Å². The van der Waals surface area contributed by atoms with E-state index in [9.17, 15) is 13.2 Å². The Hall–Kier alpha value is -2.45. The maximum Gasteiger partial charge on any atom is 0.247 e. The highest BCUT2D eigenvalue weighted by molar-refractivity contribution is 7.92. The van der Waals surface area contributed by atoms with Crippen molar-refractivity contribution in [2.24, 2.45) is 0 Å². The summed E-state index contributed by atoms with van der Waals surface area (Å²) >= 11 is 5.96. The molecule has 26 heavy (non-hydrogen) atoms. The lowest BCUT2D eigenvalue weighted by molar-refractivity contribution is -0.116. The van der Waals surface area contributed by atoms with Crippen LogP contribution in [-0.4, -0.2) is 33.4 Å². The van der Waals surface area contributed by atoms with Gasteiger partial charge >= 0.3 is 0 Å². The van der Waals surface area contributed by atoms with Crippen molar-refractivity contribution >= 4 is 38.9 Å². The van der Waals surface area contributed by atoms with Crippen molar-refractivity contribution in [3.63, 3.8) is 0 Å². The number of ether oxygens (including phenoxy) is 2. The monoisotopic (exact) mass is 396 g/mol. The summed E-state index contributed by atoms with van der Waals surface area (Å²) < 4.78 is 36.0. The summed E-state index contributed by atoms with van der Waals surface area (Å²) in [5, 5.41) is 3.07. The van der Waals surface area contributed by atoms with Gasteiger partial charge < -0.3 is 14.8 Å². The Morgan fingerprint density at radius 2 is 1.92 bits per heavy atom. The lowest BCUT2D eigenvalue weighted by Crippen LogP contribution is -2.45. The van der Waals surface area contributed by atoms with E-state index < -0.39 is 22.0 Å². The van der Waals surface area contributed by atoms with Crippen LogP contribution in [0.4, 0.5) is 11.4 Å². The van der Waals surface area contributed by atoms with E-state index in [2.05, 4.69) is 5.32 Å². The normalized spacial score (nSPS) is 14.0. The van der Waals surface area contributed by atoms with Crippen LogP contribution in [0.1, 0.15) is 6.92 Å². The number of sulfonamides is 1. The van der Waals surface area contributed by atoms with Crippen molar-refractivity contribution in [1.29, 1.82) is 0 Å². The average molecular weight is 397 g/mol. The third-order valence-corrected chi connectivity index (χ3v) is 5.27. The molecule has 0 saturated carbocycles. The fourth-order valence-electron chi connectivity index (χ4n) is 2.64. The molecule has 2 aromatic carbocycles. The molecular weight excluding hydrogens is 380 g/mol. The second-order valence-corrected chi connectivity index (χ2v) is 8.07. The second kappa shape index (κ2) is 7.05. The number of anilines is 2. The van der Waals surface area contributed by atoms with Crippen LogP contribution in [0.15, 0.2) is 42.5 Å². The van der Waals surface area contributed by atoms with Gasteiger partial charge in [0.2, 0.25) is 22.7 Å². The number of rotatable bonds is 5. The molecule has 3 rings (SSSR count). The SMILES string of the molecule is CC(C(=O)Nc1ccc2c(c1)OCO2)N(c1cccc(Cl)c1)S(C)(=O)=O. The van der Waals surface area contributed by atoms with E-state index in [4.69, 9.17) is 21.1 Å². The molecule has 7 nitrogen and oxygen atoms in total. The lowest BCUT2D eigenvalue weighted by Gasteiger charge is -2.28. The Kier molecular flexibility index (Phi) is 4.97. The smallest absolute Gasteiger partial charge is 0.247 e. The van der Waals surface area contributed by atoms with Gasteiger partial charge in [-0.15, -0.1) is 0 Å². The highest BCUT2D eigenvalue weighted by Gasteiger charge is 2.29. The first-order valence-electron chi connectivity index (χ1n) is 7.71. The number of carbonyl (C=O) groups excluding carboxylic acids is 1. The molecule has 9 heteroatoms. The van der Waals surface area contributed by atoms with Crippen molar-refractivity contribution in [3.05, 3.63) is 47.5 Å². The van der Waals surface area contributed by atoms with Gasteiger partial charge in [-0.3, -0.25) is 9.10 Å². The molecule has 1 atom stereocenters. The molecule has 1 aliphatic rings. The first kappa shape index (κ1) is 18.3. The fraction of sp³-hybridized carbons (Fsp3) is 0.235. The minimum absolute atomic E-state index is 0.125. The van der Waals surface area contributed by atoms with Crippen molar-refractivity contribution in [2.75, 3.05) is 22.7 Å². The Morgan fingerprint density at radius 1 is 1.19 bits per heavy atom. The number of hydrogen-bond acceptors (Lipinski definition) is 5. The summed E-state index contributed by atoms with van der Waals surface area (Å²) in [5.74, 6) is 0.618. The van der Waals surface area contributed by atoms with Gasteiger partial charge in [0.15, 0.2) is 11.5 Å². The van der Waals surface area contributed by atoms with Crippen molar-refractivity contribution in [3.8, 4) is 11.5 Å². The zero-order chi connectivity index (χ0) is 18.9. The molecule has 1 N–H and O–H groups in total. The topological polar surface area (TPSA) is 84.9 Å². The molecule has 0 aromatic heterocycles. The molecule has 0 radical (unpaired) electrons. The second-order valence-electron chi connectivity index (χ2n) is 5.77. The molecular formula is C17H17ClN2O5S. The van der Waals surface area contributed by atoms with Gasteiger partial charge in [0.05, 0.1) is 11.9 Å². The minimum atomic E-state index is -3.71. The largest absolute Gasteiger partial charge is 0.454 e. The van der Waals surface area contributed by atoms with E-state index in [0.717, 1.165) is 10.6 Å². The number of nitrogens with zero attached hydrogens (tertiary/aromatic N) is 1. The number of benzene rings is 2. The molecule has 0 aliphatic carbocycles. The average Bonchev–Trinajstić information content (AvgIpc) is 3.01. The molecule has 0 spiro atoms. The number of nitrogens with one attached hydrogen (secondary N) is 1. The highest BCUT2D eigenvalue weighted by atomic mass is 35.5. The van der Waals surface area contributed by atoms with Crippen LogP contribution in [0.5, 0.6) is 11.5 Å². The lowest BCUT2D eigenvalue weighted by atomic mass is 10.2. The van der Waals surface area contributed by atoms with E-state index in [0.29, 0.717) is 27.9 Å². The number of carbonyl (C=O) groups is 1. The van der Waals surface area contributed by atoms with E-state index >= 15 is 0 Å². The molecule has 1 amide bonds. The Bertz CT molecular complexity index is 948. The fourth-order valence-corrected chi connectivity index (χ4v) is 3.99. The van der Waals surface area contributed by atoms with E-state index in [-0.39, 0.29) is 6.79 Å². The zero-order valence-electron chi connectivity index (χ0n) is 14.1. The Labute approximate surface area is 156 Å². The van der Waals surface area contributed by atoms with Crippen LogP contribution in [0, 0.1) is 0 Å². The van der Waals surface area contributed by atoms with Crippen molar-refractivity contribution in [2.45, 2.75) is 13.0 Å². The van der Waals surface area contributed by atoms with Gasteiger partial charge in [-0.25, -0.2) is 8.42 Å². The van der Waals surface area contributed by atoms with Crippen LogP contribution < -0.4 is 19.1 Å². The van der Waals surface area contributed by atoms with E-state index in [1.807, 2.05) is 0 Å². The summed E-state index contributed by atoms with van der Waals surface area (Å²) in [7, 11) is -3.71. The standard InChI is InChI=1S/C17H17ClN2O5S/c1-11(20(26(2,22)23)14-5-3-4-12(18)8-14)17(21)19-13-6-7-15-16(9-13)25-10-24-15/h3-9,11H,10H2,1-2H3,(H,19,21). The summed E-state index contributed by atoms with van der Waals surface area (Å²) in [6.07, 6.45) is 1.04. The maximum absolute atomic E-state index is 12.6. The number of hydrogen-bond donors (Lipinski definition) is 1. The molecule has 0 saturated heterocycles. The summed E-state index contributed by atoms with van der Waals surface area (Å²) in [6.45, 7) is 1.63. The first-order valence-corrected chi connectivity index (χ1v) is 9.94. The summed E-state index contributed by atoms with van der Waals surface area (Å²) in [6, 6.07) is 10.3. The Balaban J connectivity index is 1.84. The predicted octanol–water partition coefficient (Wildman–Crippen LogP) is 2.86. The van der Waals surface area contributed by atoms with Crippen molar-refractivity contribution < 1.29 is 22.7 Å². The maximum atomic E-state index is 12.6. The van der Waals surface area contributed by atoms with Gasteiger partial charge in [-0.2, -0.15) is 0 Å². The van der Waals surface area contributed by atoms with Gasteiger partial charge in [0.1, 0.15) is 6.04 Å². The number of halogens is 1. The molecule has 0 fully saturated rings. The molecule has 1 aliphatic heterocycles. The minimum Gasteiger partial charge on any atom is -0.454 e. The third-order valence-electron chi connectivity index (χ3n) is 3.79. The van der Waals surface area contributed by atoms with Crippen LogP contribution in [0.2, 0.25) is 5.02 Å². The van der Waals surface area contributed by atoms with Crippen LogP contribution >= 0.6 is 11.6 Å².